The molecular formula is C19H21NO2S. The van der Waals surface area contributed by atoms with Gasteiger partial charge < -0.3 is 10.1 Å². The first-order valence-corrected chi connectivity index (χ1v) is 8.90. The minimum absolute atomic E-state index is 0.0523. The molecule has 4 heteroatoms. The van der Waals surface area contributed by atoms with Gasteiger partial charge in [-0.15, -0.1) is 11.8 Å². The second kappa shape index (κ2) is 7.66. The van der Waals surface area contributed by atoms with Crippen molar-refractivity contribution in [3.8, 4) is 0 Å². The van der Waals surface area contributed by atoms with Crippen LogP contribution in [0.3, 0.4) is 0 Å². The van der Waals surface area contributed by atoms with E-state index in [2.05, 4.69) is 17.4 Å². The summed E-state index contributed by atoms with van der Waals surface area (Å²) in [5.74, 6) is 0.781. The van der Waals surface area contributed by atoms with Gasteiger partial charge in [0.15, 0.2) is 0 Å². The molecule has 1 amide bonds. The molecule has 120 valence electrons. The van der Waals surface area contributed by atoms with Gasteiger partial charge in [0.1, 0.15) is 0 Å². The quantitative estimate of drug-likeness (QED) is 0.639. The van der Waals surface area contributed by atoms with Gasteiger partial charge in [0, 0.05) is 23.4 Å². The van der Waals surface area contributed by atoms with Crippen LogP contribution in [0.25, 0.3) is 0 Å². The number of rotatable bonds is 6. The molecule has 0 radical (unpaired) electrons. The van der Waals surface area contributed by atoms with E-state index in [1.165, 1.54) is 17.5 Å². The molecule has 0 aliphatic heterocycles. The average molecular weight is 327 g/mol. The molecule has 0 spiro atoms. The molecule has 0 bridgehead atoms. The van der Waals surface area contributed by atoms with Crippen molar-refractivity contribution in [3.63, 3.8) is 0 Å². The van der Waals surface area contributed by atoms with Gasteiger partial charge in [-0.25, -0.2) is 0 Å². The van der Waals surface area contributed by atoms with E-state index in [-0.39, 0.29) is 5.91 Å². The van der Waals surface area contributed by atoms with E-state index in [1.54, 1.807) is 18.9 Å². The third kappa shape index (κ3) is 3.95. The van der Waals surface area contributed by atoms with Crippen LogP contribution in [0.15, 0.2) is 47.4 Å². The van der Waals surface area contributed by atoms with Gasteiger partial charge in [-0.3, -0.25) is 4.79 Å². The van der Waals surface area contributed by atoms with Gasteiger partial charge in [0.2, 0.25) is 0 Å². The minimum atomic E-state index is -0.0523. The molecule has 0 aromatic heterocycles. The first kappa shape index (κ1) is 16.1. The number of carbonyl (C=O) groups is 1. The Morgan fingerprint density at radius 1 is 1.17 bits per heavy atom. The highest BCUT2D eigenvalue weighted by molar-refractivity contribution is 7.99. The predicted octanol–water partition coefficient (Wildman–Crippen LogP) is 4.17. The molecule has 0 atom stereocenters. The van der Waals surface area contributed by atoms with Crippen LogP contribution in [0.1, 0.15) is 27.9 Å². The largest absolute Gasteiger partial charge is 0.384 e. The number of hydrogen-bond acceptors (Lipinski definition) is 3. The number of anilines is 1. The number of nitrogens with one attached hydrogen (secondary N) is 1. The molecule has 23 heavy (non-hydrogen) atoms. The smallest absolute Gasteiger partial charge is 0.256 e. The maximum atomic E-state index is 12.6. The molecule has 3 rings (SSSR count). The fourth-order valence-corrected chi connectivity index (χ4v) is 3.82. The number of thioether (sulfide) groups is 1. The lowest BCUT2D eigenvalue weighted by atomic mass is 10.1. The highest BCUT2D eigenvalue weighted by atomic mass is 32.2. The molecule has 1 aliphatic rings. The lowest BCUT2D eigenvalue weighted by Crippen LogP contribution is -2.13. The summed E-state index contributed by atoms with van der Waals surface area (Å²) in [6, 6.07) is 14.0. The summed E-state index contributed by atoms with van der Waals surface area (Å²) >= 11 is 1.64. The number of hydrogen-bond donors (Lipinski definition) is 1. The van der Waals surface area contributed by atoms with Crippen molar-refractivity contribution in [1.82, 2.24) is 0 Å². The van der Waals surface area contributed by atoms with E-state index in [1.807, 2.05) is 30.3 Å². The second-order valence-electron chi connectivity index (χ2n) is 5.63. The van der Waals surface area contributed by atoms with Crippen LogP contribution in [0.4, 0.5) is 5.69 Å². The second-order valence-corrected chi connectivity index (χ2v) is 6.77. The summed E-state index contributed by atoms with van der Waals surface area (Å²) < 4.78 is 5.08. The molecule has 2 aromatic carbocycles. The third-order valence-electron chi connectivity index (χ3n) is 4.03. The van der Waals surface area contributed by atoms with Crippen molar-refractivity contribution in [2.24, 2.45) is 0 Å². The Kier molecular flexibility index (Phi) is 5.36. The zero-order valence-electron chi connectivity index (χ0n) is 13.3. The Morgan fingerprint density at radius 2 is 2.00 bits per heavy atom. The van der Waals surface area contributed by atoms with Gasteiger partial charge in [-0.1, -0.05) is 18.2 Å². The van der Waals surface area contributed by atoms with Crippen molar-refractivity contribution in [2.45, 2.75) is 24.2 Å². The van der Waals surface area contributed by atoms with Crippen LogP contribution in [0.2, 0.25) is 0 Å². The van der Waals surface area contributed by atoms with Crippen molar-refractivity contribution in [3.05, 3.63) is 59.2 Å². The molecular weight excluding hydrogens is 306 g/mol. The Bertz CT molecular complexity index is 700. The third-order valence-corrected chi connectivity index (χ3v) is 5.07. The number of aryl methyl sites for hydroxylation is 2. The standard InChI is InChI=1S/C19H21NO2S/c1-22-11-12-23-18-8-3-2-7-17(18)19(21)20-16-10-9-14-5-4-6-15(14)13-16/h2-3,7-10,13H,4-6,11-12H2,1H3,(H,20,21). The molecule has 0 saturated carbocycles. The van der Waals surface area contributed by atoms with Crippen molar-refractivity contribution in [1.29, 1.82) is 0 Å². The monoisotopic (exact) mass is 327 g/mol. The highest BCUT2D eigenvalue weighted by Crippen LogP contribution is 2.27. The summed E-state index contributed by atoms with van der Waals surface area (Å²) in [4.78, 5) is 13.6. The molecule has 0 unspecified atom stereocenters. The number of methoxy groups -OCH3 is 1. The molecule has 1 aliphatic carbocycles. The summed E-state index contributed by atoms with van der Waals surface area (Å²) in [6.45, 7) is 0.672. The van der Waals surface area contributed by atoms with E-state index in [4.69, 9.17) is 4.74 Å². The first-order chi connectivity index (χ1) is 11.3. The zero-order chi connectivity index (χ0) is 16.1. The summed E-state index contributed by atoms with van der Waals surface area (Å²) in [5, 5.41) is 3.04. The topological polar surface area (TPSA) is 38.3 Å². The number of amides is 1. The van der Waals surface area contributed by atoms with Crippen molar-refractivity contribution in [2.75, 3.05) is 24.8 Å². The Hall–Kier alpha value is -1.78. The fraction of sp³-hybridized carbons (Fsp3) is 0.316. The predicted molar refractivity (Wildman–Crippen MR) is 95.5 cm³/mol. The van der Waals surface area contributed by atoms with Crippen LogP contribution in [0.5, 0.6) is 0 Å². The number of benzene rings is 2. The van der Waals surface area contributed by atoms with E-state index in [9.17, 15) is 4.79 Å². The van der Waals surface area contributed by atoms with Gasteiger partial charge in [0.05, 0.1) is 12.2 Å². The molecule has 0 saturated heterocycles. The van der Waals surface area contributed by atoms with Gasteiger partial charge in [-0.2, -0.15) is 0 Å². The molecule has 2 aromatic rings. The first-order valence-electron chi connectivity index (χ1n) is 7.92. The maximum Gasteiger partial charge on any atom is 0.256 e. The van der Waals surface area contributed by atoms with Crippen LogP contribution in [-0.4, -0.2) is 25.4 Å². The van der Waals surface area contributed by atoms with Gasteiger partial charge >= 0.3 is 0 Å². The maximum absolute atomic E-state index is 12.6. The molecule has 3 nitrogen and oxygen atoms in total. The summed E-state index contributed by atoms with van der Waals surface area (Å²) in [5.41, 5.74) is 4.38. The van der Waals surface area contributed by atoms with E-state index in [0.717, 1.165) is 29.2 Å². The van der Waals surface area contributed by atoms with E-state index < -0.39 is 0 Å². The van der Waals surface area contributed by atoms with Crippen molar-refractivity contribution < 1.29 is 9.53 Å². The van der Waals surface area contributed by atoms with Gasteiger partial charge in [-0.05, 0) is 54.7 Å². The lowest BCUT2D eigenvalue weighted by Gasteiger charge is -2.11. The van der Waals surface area contributed by atoms with Crippen LogP contribution in [-0.2, 0) is 17.6 Å². The SMILES string of the molecule is COCCSc1ccccc1C(=O)Nc1ccc2c(c1)CCC2. The summed E-state index contributed by atoms with van der Waals surface area (Å²) in [7, 11) is 1.69. The van der Waals surface area contributed by atoms with E-state index in [0.29, 0.717) is 12.2 Å². The number of ether oxygens (including phenoxy) is 1. The fourth-order valence-electron chi connectivity index (χ4n) is 2.86. The summed E-state index contributed by atoms with van der Waals surface area (Å²) in [6.07, 6.45) is 3.48. The highest BCUT2D eigenvalue weighted by Gasteiger charge is 2.14. The number of fused-ring (bicyclic) bond motifs is 1. The number of carbonyl (C=O) groups excluding carboxylic acids is 1. The van der Waals surface area contributed by atoms with Crippen LogP contribution in [0, 0.1) is 0 Å². The van der Waals surface area contributed by atoms with Gasteiger partial charge in [0.25, 0.3) is 5.91 Å². The van der Waals surface area contributed by atoms with Crippen molar-refractivity contribution >= 4 is 23.4 Å². The molecule has 0 fully saturated rings. The Labute approximate surface area is 141 Å². The zero-order valence-corrected chi connectivity index (χ0v) is 14.1. The lowest BCUT2D eigenvalue weighted by molar-refractivity contribution is 0.102. The Balaban J connectivity index is 1.73. The van der Waals surface area contributed by atoms with Crippen LogP contribution >= 0.6 is 11.8 Å². The molecule has 1 N–H and O–H groups in total. The average Bonchev–Trinajstić information content (AvgIpc) is 3.03. The molecule has 0 heterocycles. The Morgan fingerprint density at radius 3 is 2.87 bits per heavy atom. The normalized spacial score (nSPS) is 12.9. The minimum Gasteiger partial charge on any atom is -0.384 e. The van der Waals surface area contributed by atoms with E-state index >= 15 is 0 Å². The van der Waals surface area contributed by atoms with Crippen LogP contribution < -0.4 is 5.32 Å².